The average Bonchev–Trinajstić information content (AvgIpc) is 2.79. The summed E-state index contributed by atoms with van der Waals surface area (Å²) in [5.74, 6) is 1.65. The lowest BCUT2D eigenvalue weighted by atomic mass is 10.1. The van der Waals surface area contributed by atoms with Gasteiger partial charge in [-0.3, -0.25) is 4.98 Å². The van der Waals surface area contributed by atoms with Gasteiger partial charge in [0.15, 0.2) is 23.1 Å². The van der Waals surface area contributed by atoms with E-state index in [2.05, 4.69) is 9.97 Å². The van der Waals surface area contributed by atoms with Crippen LogP contribution in [0, 0.1) is 5.82 Å². The van der Waals surface area contributed by atoms with Crippen molar-refractivity contribution >= 4 is 10.9 Å². The number of methoxy groups -OCH3 is 3. The first-order valence-corrected chi connectivity index (χ1v) is 9.11. The predicted octanol–water partition coefficient (Wildman–Crippen LogP) is 5.25. The lowest BCUT2D eigenvalue weighted by Gasteiger charge is -2.13. The summed E-state index contributed by atoms with van der Waals surface area (Å²) in [4.78, 5) is 8.48. The predicted molar refractivity (Wildman–Crippen MR) is 111 cm³/mol. The Bertz CT molecular complexity index is 1200. The number of aromatic nitrogens is 2. The van der Waals surface area contributed by atoms with Crippen LogP contribution in [0.25, 0.3) is 22.0 Å². The maximum Gasteiger partial charge on any atom is 0.212 e. The molecule has 0 aliphatic rings. The molecule has 0 fully saturated rings. The van der Waals surface area contributed by atoms with E-state index in [1.54, 1.807) is 70.1 Å². The summed E-state index contributed by atoms with van der Waals surface area (Å²) in [6.07, 6.45) is 3.23. The lowest BCUT2D eigenvalue weighted by molar-refractivity contribution is 0.355. The van der Waals surface area contributed by atoms with E-state index in [9.17, 15) is 4.39 Å². The van der Waals surface area contributed by atoms with Crippen LogP contribution in [0.2, 0.25) is 0 Å². The first kappa shape index (κ1) is 19.4. The molecule has 0 N–H and O–H groups in total. The zero-order valence-electron chi connectivity index (χ0n) is 16.7. The molecule has 7 heteroatoms. The van der Waals surface area contributed by atoms with Crippen LogP contribution in [0.5, 0.6) is 28.9 Å². The minimum Gasteiger partial charge on any atom is -0.493 e. The number of hydrogen-bond acceptors (Lipinski definition) is 6. The zero-order chi connectivity index (χ0) is 21.1. The molecule has 0 aliphatic carbocycles. The standard InChI is InChI=1S/C23H19FN2O4/c1-27-21-11-16-18(12-22(21)28-2)25-9-8-19(16)30-20-6-4-14(10-17(20)24)15-5-7-23(29-3)26-13-15/h4-13H,1-3H3. The SMILES string of the molecule is COc1ccc(-c2ccc(Oc3ccnc4cc(OC)c(OC)cc34)c(F)c2)cn1. The second kappa shape index (κ2) is 8.24. The normalized spacial score (nSPS) is 10.7. The Balaban J connectivity index is 1.68. The van der Waals surface area contributed by atoms with E-state index in [4.69, 9.17) is 18.9 Å². The van der Waals surface area contributed by atoms with Gasteiger partial charge in [0.2, 0.25) is 5.88 Å². The fourth-order valence-corrected chi connectivity index (χ4v) is 3.09. The molecule has 0 saturated carbocycles. The third kappa shape index (κ3) is 3.69. The van der Waals surface area contributed by atoms with Crippen LogP contribution in [0.15, 0.2) is 60.9 Å². The van der Waals surface area contributed by atoms with Crippen LogP contribution in [0.4, 0.5) is 4.39 Å². The van der Waals surface area contributed by atoms with Gasteiger partial charge in [-0.2, -0.15) is 0 Å². The van der Waals surface area contributed by atoms with E-state index < -0.39 is 5.82 Å². The maximum absolute atomic E-state index is 14.8. The molecule has 0 saturated heterocycles. The van der Waals surface area contributed by atoms with Gasteiger partial charge >= 0.3 is 0 Å². The van der Waals surface area contributed by atoms with Crippen LogP contribution < -0.4 is 18.9 Å². The number of ether oxygens (including phenoxy) is 4. The van der Waals surface area contributed by atoms with Crippen molar-refractivity contribution in [3.63, 3.8) is 0 Å². The number of pyridine rings is 2. The van der Waals surface area contributed by atoms with Crippen LogP contribution >= 0.6 is 0 Å². The molecule has 0 radical (unpaired) electrons. The number of halogens is 1. The number of benzene rings is 2. The quantitative estimate of drug-likeness (QED) is 0.436. The van der Waals surface area contributed by atoms with Gasteiger partial charge in [-0.05, 0) is 35.9 Å². The van der Waals surface area contributed by atoms with Gasteiger partial charge in [0.05, 0.1) is 26.8 Å². The number of rotatable bonds is 6. The van der Waals surface area contributed by atoms with Crippen molar-refractivity contribution in [2.45, 2.75) is 0 Å². The fourth-order valence-electron chi connectivity index (χ4n) is 3.09. The third-order valence-electron chi connectivity index (χ3n) is 4.64. The summed E-state index contributed by atoms with van der Waals surface area (Å²) in [7, 11) is 4.65. The third-order valence-corrected chi connectivity index (χ3v) is 4.64. The highest BCUT2D eigenvalue weighted by Crippen LogP contribution is 2.37. The van der Waals surface area contributed by atoms with Gasteiger partial charge in [0, 0.05) is 35.5 Å². The fraction of sp³-hybridized carbons (Fsp3) is 0.130. The zero-order valence-corrected chi connectivity index (χ0v) is 16.7. The van der Waals surface area contributed by atoms with E-state index in [1.165, 1.54) is 6.07 Å². The van der Waals surface area contributed by atoms with Gasteiger partial charge in [0.1, 0.15) is 5.75 Å². The molecule has 30 heavy (non-hydrogen) atoms. The highest BCUT2D eigenvalue weighted by atomic mass is 19.1. The Labute approximate surface area is 172 Å². The van der Waals surface area contributed by atoms with Crippen molar-refractivity contribution in [1.82, 2.24) is 9.97 Å². The molecule has 0 spiro atoms. The second-order valence-electron chi connectivity index (χ2n) is 6.37. The largest absolute Gasteiger partial charge is 0.493 e. The molecule has 0 bridgehead atoms. The van der Waals surface area contributed by atoms with Gasteiger partial charge in [0.25, 0.3) is 0 Å². The molecule has 0 aliphatic heterocycles. The van der Waals surface area contributed by atoms with Crippen molar-refractivity contribution in [2.75, 3.05) is 21.3 Å². The Morgan fingerprint density at radius 1 is 0.700 bits per heavy atom. The smallest absolute Gasteiger partial charge is 0.212 e. The van der Waals surface area contributed by atoms with E-state index in [1.807, 2.05) is 6.07 Å². The van der Waals surface area contributed by atoms with E-state index in [0.717, 1.165) is 5.56 Å². The molecule has 152 valence electrons. The van der Waals surface area contributed by atoms with Crippen molar-refractivity contribution in [2.24, 2.45) is 0 Å². The molecule has 0 unspecified atom stereocenters. The first-order chi connectivity index (χ1) is 14.6. The van der Waals surface area contributed by atoms with E-state index in [0.29, 0.717) is 39.6 Å². The van der Waals surface area contributed by atoms with Crippen molar-refractivity contribution in [1.29, 1.82) is 0 Å². The van der Waals surface area contributed by atoms with Gasteiger partial charge in [-0.25, -0.2) is 9.37 Å². The number of nitrogens with zero attached hydrogens (tertiary/aromatic N) is 2. The van der Waals surface area contributed by atoms with Crippen molar-refractivity contribution in [3.8, 4) is 40.0 Å². The van der Waals surface area contributed by atoms with Crippen LogP contribution in [-0.4, -0.2) is 31.3 Å². The summed E-state index contributed by atoms with van der Waals surface area (Å²) in [6, 6.07) is 13.5. The number of hydrogen-bond donors (Lipinski definition) is 0. The molecule has 4 rings (SSSR count). The summed E-state index contributed by atoms with van der Waals surface area (Å²) < 4.78 is 36.4. The average molecular weight is 406 g/mol. The van der Waals surface area contributed by atoms with Crippen LogP contribution in [0.3, 0.4) is 0 Å². The van der Waals surface area contributed by atoms with Gasteiger partial charge in [-0.15, -0.1) is 0 Å². The van der Waals surface area contributed by atoms with E-state index in [-0.39, 0.29) is 5.75 Å². The molecule has 4 aromatic rings. The van der Waals surface area contributed by atoms with Crippen molar-refractivity contribution < 1.29 is 23.3 Å². The van der Waals surface area contributed by atoms with Gasteiger partial charge in [-0.1, -0.05) is 6.07 Å². The Kier molecular flexibility index (Phi) is 5.34. The Morgan fingerprint density at radius 2 is 1.47 bits per heavy atom. The summed E-state index contributed by atoms with van der Waals surface area (Å²) in [5.41, 5.74) is 2.10. The number of fused-ring (bicyclic) bond motifs is 1. The molecule has 2 heterocycles. The highest BCUT2D eigenvalue weighted by molar-refractivity contribution is 5.88. The van der Waals surface area contributed by atoms with Crippen LogP contribution in [-0.2, 0) is 0 Å². The van der Waals surface area contributed by atoms with Crippen LogP contribution in [0.1, 0.15) is 0 Å². The summed E-state index contributed by atoms with van der Waals surface area (Å²) in [5, 5.41) is 0.679. The molecule has 2 aromatic carbocycles. The molecular formula is C23H19FN2O4. The molecule has 0 amide bonds. The minimum atomic E-state index is -0.492. The highest BCUT2D eigenvalue weighted by Gasteiger charge is 2.13. The Morgan fingerprint density at radius 3 is 2.13 bits per heavy atom. The van der Waals surface area contributed by atoms with Crippen molar-refractivity contribution in [3.05, 3.63) is 66.7 Å². The summed E-state index contributed by atoms with van der Waals surface area (Å²) >= 11 is 0. The Hall–Kier alpha value is -3.87. The second-order valence-corrected chi connectivity index (χ2v) is 6.37. The molecule has 6 nitrogen and oxygen atoms in total. The maximum atomic E-state index is 14.8. The molecule has 2 aromatic heterocycles. The monoisotopic (exact) mass is 406 g/mol. The molecular weight excluding hydrogens is 387 g/mol. The van der Waals surface area contributed by atoms with Gasteiger partial charge < -0.3 is 18.9 Å². The minimum absolute atomic E-state index is 0.0995. The summed E-state index contributed by atoms with van der Waals surface area (Å²) in [6.45, 7) is 0. The molecule has 0 atom stereocenters. The van der Waals surface area contributed by atoms with E-state index >= 15 is 0 Å². The topological polar surface area (TPSA) is 62.7 Å². The lowest BCUT2D eigenvalue weighted by Crippen LogP contribution is -1.94. The first-order valence-electron chi connectivity index (χ1n) is 9.11.